The fourth-order valence-electron chi connectivity index (χ4n) is 0.542. The van der Waals surface area contributed by atoms with Gasteiger partial charge in [-0.3, -0.25) is 4.79 Å². The normalized spacial score (nSPS) is 9.71. The molecule has 0 aromatic heterocycles. The summed E-state index contributed by atoms with van der Waals surface area (Å²) in [6, 6.07) is 0. The van der Waals surface area contributed by atoms with Crippen LogP contribution < -0.4 is 0 Å². The summed E-state index contributed by atoms with van der Waals surface area (Å²) in [7, 11) is 0. The fourth-order valence-corrected chi connectivity index (χ4v) is 0.542. The monoisotopic (exact) mass is 198 g/mol. The van der Waals surface area contributed by atoms with Gasteiger partial charge in [-0.1, -0.05) is 6.58 Å². The van der Waals surface area contributed by atoms with Crippen LogP contribution in [-0.4, -0.2) is 29.4 Å². The van der Waals surface area contributed by atoms with Crippen molar-refractivity contribution in [1.82, 2.24) is 0 Å². The maximum absolute atomic E-state index is 10.7. The molecule has 5 nitrogen and oxygen atoms in total. The number of carbonyl (C=O) groups is 3. The largest absolute Gasteiger partial charge is 0.478 e. The second-order valence-corrected chi connectivity index (χ2v) is 2.26. The van der Waals surface area contributed by atoms with Crippen LogP contribution in [0.5, 0.6) is 0 Å². The third kappa shape index (κ3) is 6.78. The first-order chi connectivity index (χ1) is 6.56. The summed E-state index contributed by atoms with van der Waals surface area (Å²) in [5, 5.41) is 8.15. The van der Waals surface area contributed by atoms with Gasteiger partial charge < -0.3 is 9.84 Å². The first-order valence-corrected chi connectivity index (χ1v) is 3.79. The van der Waals surface area contributed by atoms with Crippen molar-refractivity contribution >= 4 is 17.7 Å². The number of ether oxygens (including phenoxy) is 1. The quantitative estimate of drug-likeness (QED) is 0.491. The van der Waals surface area contributed by atoms with E-state index in [0.717, 1.165) is 12.2 Å². The Labute approximate surface area is 80.7 Å². The number of hydrogen-bond donors (Lipinski definition) is 1. The Morgan fingerprint density at radius 3 is 2.43 bits per heavy atom. The van der Waals surface area contributed by atoms with E-state index in [4.69, 9.17) is 5.11 Å². The summed E-state index contributed by atoms with van der Waals surface area (Å²) in [5.41, 5.74) is 0. The molecule has 0 aliphatic heterocycles. The molecule has 0 aliphatic rings. The first kappa shape index (κ1) is 12.1. The molecule has 5 heteroatoms. The molecule has 0 unspecified atom stereocenters. The summed E-state index contributed by atoms with van der Waals surface area (Å²) in [6.45, 7) is 3.16. The minimum Gasteiger partial charge on any atom is -0.478 e. The maximum atomic E-state index is 10.7. The van der Waals surface area contributed by atoms with Gasteiger partial charge in [-0.05, 0) is 6.08 Å². The molecule has 0 heterocycles. The smallest absolute Gasteiger partial charge is 0.331 e. The van der Waals surface area contributed by atoms with Crippen LogP contribution in [0, 0.1) is 0 Å². The van der Waals surface area contributed by atoms with Crippen molar-refractivity contribution in [3.05, 3.63) is 24.8 Å². The Kier molecular flexibility index (Phi) is 5.69. The van der Waals surface area contributed by atoms with Crippen LogP contribution in [0.3, 0.4) is 0 Å². The lowest BCUT2D eigenvalue weighted by Gasteiger charge is -1.98. The number of hydrogen-bond acceptors (Lipinski definition) is 4. The van der Waals surface area contributed by atoms with Gasteiger partial charge in [-0.25, -0.2) is 9.59 Å². The van der Waals surface area contributed by atoms with Crippen molar-refractivity contribution in [3.63, 3.8) is 0 Å². The molecule has 14 heavy (non-hydrogen) atoms. The van der Waals surface area contributed by atoms with Crippen molar-refractivity contribution in [2.24, 2.45) is 0 Å². The van der Waals surface area contributed by atoms with Gasteiger partial charge in [0.2, 0.25) is 0 Å². The van der Waals surface area contributed by atoms with E-state index in [1.54, 1.807) is 0 Å². The summed E-state index contributed by atoms with van der Waals surface area (Å²) in [5.74, 6) is -2.26. The first-order valence-electron chi connectivity index (χ1n) is 3.79. The minimum absolute atomic E-state index is 0.0517. The van der Waals surface area contributed by atoms with Gasteiger partial charge >= 0.3 is 11.9 Å². The molecule has 0 atom stereocenters. The number of carbonyl (C=O) groups excluding carboxylic acids is 2. The van der Waals surface area contributed by atoms with Crippen molar-refractivity contribution < 1.29 is 24.2 Å². The summed E-state index contributed by atoms with van der Waals surface area (Å²) < 4.78 is 4.51. The number of aliphatic carboxylic acids is 1. The van der Waals surface area contributed by atoms with E-state index in [1.807, 2.05) is 0 Å². The zero-order valence-corrected chi connectivity index (χ0v) is 7.43. The van der Waals surface area contributed by atoms with E-state index >= 15 is 0 Å². The number of rotatable bonds is 6. The molecule has 0 amide bonds. The Hall–Kier alpha value is -1.91. The molecule has 0 aliphatic carbocycles. The van der Waals surface area contributed by atoms with Crippen molar-refractivity contribution in [1.29, 1.82) is 0 Å². The molecule has 0 aromatic rings. The van der Waals surface area contributed by atoms with Crippen molar-refractivity contribution in [2.45, 2.75) is 6.42 Å². The predicted molar refractivity (Wildman–Crippen MR) is 47.6 cm³/mol. The molecule has 76 valence electrons. The number of ketones is 1. The van der Waals surface area contributed by atoms with E-state index in [2.05, 4.69) is 11.3 Å². The molecule has 0 fully saturated rings. The van der Waals surface area contributed by atoms with Crippen LogP contribution in [0.4, 0.5) is 0 Å². The van der Waals surface area contributed by atoms with Gasteiger partial charge in [0.05, 0.1) is 6.61 Å². The van der Waals surface area contributed by atoms with Crippen molar-refractivity contribution in [3.8, 4) is 0 Å². The summed E-state index contributed by atoms with van der Waals surface area (Å²) >= 11 is 0. The second-order valence-electron chi connectivity index (χ2n) is 2.26. The third-order valence-corrected chi connectivity index (χ3v) is 1.18. The van der Waals surface area contributed by atoms with E-state index in [9.17, 15) is 14.4 Å². The molecule has 0 radical (unpaired) electrons. The highest BCUT2D eigenvalue weighted by Crippen LogP contribution is 1.88. The van der Waals surface area contributed by atoms with E-state index in [0.29, 0.717) is 6.08 Å². The van der Waals surface area contributed by atoms with Crippen LogP contribution in [0.2, 0.25) is 0 Å². The van der Waals surface area contributed by atoms with Crippen molar-refractivity contribution in [2.75, 3.05) is 6.61 Å². The average molecular weight is 198 g/mol. The second kappa shape index (κ2) is 6.59. The SMILES string of the molecule is C=CC(=O)CCOC(=O)/C=C/C(=O)O. The lowest BCUT2D eigenvalue weighted by atomic mass is 10.3. The predicted octanol–water partition coefficient (Wildman–Crippen LogP) is 0.316. The average Bonchev–Trinajstić information content (AvgIpc) is 2.14. The van der Waals surface area contributed by atoms with Gasteiger partial charge in [0.25, 0.3) is 0 Å². The lowest BCUT2D eigenvalue weighted by molar-refractivity contribution is -0.139. The van der Waals surface area contributed by atoms with Crippen LogP contribution in [-0.2, 0) is 19.1 Å². The number of carboxylic acids is 1. The Bertz CT molecular complexity index is 277. The van der Waals surface area contributed by atoms with Crippen LogP contribution >= 0.6 is 0 Å². The Balaban J connectivity index is 3.70. The Morgan fingerprint density at radius 2 is 1.93 bits per heavy atom. The highest BCUT2D eigenvalue weighted by Gasteiger charge is 2.00. The van der Waals surface area contributed by atoms with Gasteiger partial charge in [0, 0.05) is 18.6 Å². The van der Waals surface area contributed by atoms with Gasteiger partial charge in [0.15, 0.2) is 5.78 Å². The van der Waals surface area contributed by atoms with E-state index in [-0.39, 0.29) is 18.8 Å². The highest BCUT2D eigenvalue weighted by atomic mass is 16.5. The molecule has 0 saturated heterocycles. The minimum atomic E-state index is -1.23. The number of carboxylic acid groups (broad SMARTS) is 1. The third-order valence-electron chi connectivity index (χ3n) is 1.18. The van der Waals surface area contributed by atoms with Crippen LogP contribution in [0.25, 0.3) is 0 Å². The van der Waals surface area contributed by atoms with E-state index < -0.39 is 11.9 Å². The molecular weight excluding hydrogens is 188 g/mol. The molecule has 0 aromatic carbocycles. The van der Waals surface area contributed by atoms with Crippen LogP contribution in [0.1, 0.15) is 6.42 Å². The number of esters is 1. The zero-order chi connectivity index (χ0) is 11.0. The molecule has 0 rings (SSSR count). The molecule has 0 spiro atoms. The van der Waals surface area contributed by atoms with Gasteiger partial charge in [-0.2, -0.15) is 0 Å². The molecule has 0 bridgehead atoms. The molecule has 1 N–H and O–H groups in total. The number of allylic oxidation sites excluding steroid dienone is 1. The highest BCUT2D eigenvalue weighted by molar-refractivity contribution is 5.91. The zero-order valence-electron chi connectivity index (χ0n) is 7.43. The topological polar surface area (TPSA) is 80.7 Å². The van der Waals surface area contributed by atoms with Gasteiger partial charge in [-0.15, -0.1) is 0 Å². The standard InChI is InChI=1S/C9H10O5/c1-2-7(10)5-6-14-9(13)4-3-8(11)12/h2-4H,1,5-6H2,(H,11,12)/b4-3+. The summed E-state index contributed by atoms with van der Waals surface area (Å²) in [6.07, 6.45) is 2.62. The lowest BCUT2D eigenvalue weighted by Crippen LogP contribution is -2.06. The Morgan fingerprint density at radius 1 is 1.29 bits per heavy atom. The van der Waals surface area contributed by atoms with E-state index in [1.165, 1.54) is 0 Å². The van der Waals surface area contributed by atoms with Gasteiger partial charge in [0.1, 0.15) is 0 Å². The van der Waals surface area contributed by atoms with Crippen LogP contribution in [0.15, 0.2) is 24.8 Å². The molecular formula is C9H10O5. The maximum Gasteiger partial charge on any atom is 0.331 e. The fraction of sp³-hybridized carbons (Fsp3) is 0.222. The summed E-state index contributed by atoms with van der Waals surface area (Å²) in [4.78, 5) is 31.3. The molecule has 0 saturated carbocycles.